The van der Waals surface area contributed by atoms with Crippen LogP contribution in [-0.2, 0) is 0 Å². The van der Waals surface area contributed by atoms with Gasteiger partial charge in [0, 0.05) is 12.3 Å². The fraction of sp³-hybridized carbons (Fsp3) is 0.667. The number of nitrogens with zero attached hydrogens (tertiary/aromatic N) is 3. The average molecular weight is 361 g/mol. The van der Waals surface area contributed by atoms with Crippen LogP contribution in [0.3, 0.4) is 0 Å². The molecule has 0 N–H and O–H groups in total. The second-order valence-electron chi connectivity index (χ2n) is 3.25. The largest absolute Gasteiger partial charge is 0.255 e. The Morgan fingerprint density at radius 2 is 1.62 bits per heavy atom. The van der Waals surface area contributed by atoms with E-state index in [-0.39, 0.29) is 0 Å². The summed E-state index contributed by atoms with van der Waals surface area (Å²) in [5.41, 5.74) is 0. The number of halogens is 4. The second kappa shape index (κ2) is 5.70. The first-order valence-corrected chi connectivity index (χ1v) is 13.6. The zero-order valence-electron chi connectivity index (χ0n) is 8.60. The summed E-state index contributed by atoms with van der Waals surface area (Å²) in [7, 11) is -2.02. The predicted molar refractivity (Wildman–Crippen MR) is 81.7 cm³/mol. The van der Waals surface area contributed by atoms with Crippen LogP contribution in [-0.4, -0.2) is 12.3 Å². The molecule has 0 bridgehead atoms. The second-order valence-corrected chi connectivity index (χ2v) is 16.5. The van der Waals surface area contributed by atoms with Gasteiger partial charge >= 0.3 is 0 Å². The van der Waals surface area contributed by atoms with E-state index in [0.717, 1.165) is 12.6 Å². The monoisotopic (exact) mass is 359 g/mol. The van der Waals surface area contributed by atoms with Gasteiger partial charge in [-0.25, -0.2) is 9.03 Å². The molecular weight excluding hydrogens is 349 g/mol. The maximum Gasteiger partial charge on any atom is 0.255 e. The molecule has 1 aliphatic rings. The summed E-state index contributed by atoms with van der Waals surface area (Å²) in [5, 5.41) is 0. The lowest BCUT2D eigenvalue weighted by Crippen LogP contribution is -1.90. The van der Waals surface area contributed by atoms with Crippen LogP contribution in [0, 0.1) is 0 Å². The zero-order chi connectivity index (χ0) is 12.4. The molecule has 0 saturated carbocycles. The van der Waals surface area contributed by atoms with Gasteiger partial charge in [-0.3, -0.25) is 0 Å². The Morgan fingerprint density at radius 1 is 1.06 bits per heavy atom. The number of rotatable bonds is 4. The van der Waals surface area contributed by atoms with Crippen LogP contribution in [0.4, 0.5) is 0 Å². The molecule has 0 aromatic carbocycles. The predicted octanol–water partition coefficient (Wildman–Crippen LogP) is 7.56. The van der Waals surface area contributed by atoms with Crippen molar-refractivity contribution in [3.05, 3.63) is 12.7 Å². The lowest BCUT2D eigenvalue weighted by molar-refractivity contribution is 1.09. The van der Waals surface area contributed by atoms with Crippen LogP contribution in [0.1, 0.15) is 13.3 Å². The molecule has 1 atom stereocenters. The van der Waals surface area contributed by atoms with Crippen molar-refractivity contribution >= 4 is 64.0 Å². The van der Waals surface area contributed by atoms with E-state index >= 15 is 0 Å². The molecule has 1 heterocycles. The molecule has 16 heavy (non-hydrogen) atoms. The third-order valence-corrected chi connectivity index (χ3v) is 14.7. The maximum absolute atomic E-state index is 6.05. The fourth-order valence-corrected chi connectivity index (χ4v) is 18.9. The summed E-state index contributed by atoms with van der Waals surface area (Å²) in [5.74, 6) is -5.50. The molecule has 10 heteroatoms. The third kappa shape index (κ3) is 4.36. The molecule has 0 aliphatic carbocycles. The van der Waals surface area contributed by atoms with Gasteiger partial charge in [-0.2, -0.15) is 4.52 Å². The van der Waals surface area contributed by atoms with Crippen LogP contribution < -0.4 is 0 Å². The van der Waals surface area contributed by atoms with E-state index in [1.807, 2.05) is 6.92 Å². The molecule has 1 unspecified atom stereocenters. The van der Waals surface area contributed by atoms with Crippen LogP contribution in [0.2, 0.25) is 0 Å². The first-order chi connectivity index (χ1) is 7.24. The fourth-order valence-electron chi connectivity index (χ4n) is 1.40. The van der Waals surface area contributed by atoms with Crippen molar-refractivity contribution < 1.29 is 0 Å². The van der Waals surface area contributed by atoms with Gasteiger partial charge in [0.15, 0.2) is 0 Å². The minimum Gasteiger partial charge on any atom is -0.213 e. The molecule has 0 saturated heterocycles. The molecule has 1 rings (SSSR count). The third-order valence-electron chi connectivity index (χ3n) is 1.77. The zero-order valence-corrected chi connectivity index (χ0v) is 14.3. The highest BCUT2D eigenvalue weighted by atomic mass is 35.9. The number of hydrogen-bond acceptors (Lipinski definition) is 3. The quantitative estimate of drug-likeness (QED) is 0.366. The smallest absolute Gasteiger partial charge is 0.213 e. The Bertz CT molecular complexity index is 438. The van der Waals surface area contributed by atoms with E-state index < -0.39 is 19.0 Å². The molecule has 0 spiro atoms. The van der Waals surface area contributed by atoms with Crippen LogP contribution in [0.5, 0.6) is 0 Å². The Hall–Kier alpha value is 1.59. The molecule has 94 valence electrons. The molecule has 1 aliphatic heterocycles. The minimum atomic E-state index is -2.75. The minimum absolute atomic E-state index is 0.638. The van der Waals surface area contributed by atoms with Gasteiger partial charge in [0.25, 0.3) is 11.8 Å². The van der Waals surface area contributed by atoms with E-state index in [4.69, 9.17) is 45.0 Å². The van der Waals surface area contributed by atoms with E-state index in [0.29, 0.717) is 6.16 Å². The Kier molecular flexibility index (Phi) is 5.58. The Labute approximate surface area is 115 Å². The Morgan fingerprint density at radius 3 is 2.06 bits per heavy atom. The van der Waals surface area contributed by atoms with E-state index in [1.165, 1.54) is 0 Å². The van der Waals surface area contributed by atoms with Crippen molar-refractivity contribution in [2.24, 2.45) is 13.5 Å². The topological polar surface area (TPSA) is 37.1 Å². The molecule has 3 nitrogen and oxygen atoms in total. The van der Waals surface area contributed by atoms with Gasteiger partial charge in [0.1, 0.15) is 0 Å². The van der Waals surface area contributed by atoms with Crippen LogP contribution in [0.25, 0.3) is 0 Å². The standard InChI is InChI=1S/C6H12Cl4N3P3/c1-3-5-14(6-4-2)11-15(7,8)13-16(9,10)12-14/h3H,1,4-6H2,2H3. The maximum atomic E-state index is 6.05. The van der Waals surface area contributed by atoms with Crippen molar-refractivity contribution in [1.29, 1.82) is 0 Å². The van der Waals surface area contributed by atoms with Gasteiger partial charge in [-0.15, -0.1) is 6.58 Å². The average Bonchev–Trinajstić information content (AvgIpc) is 1.97. The molecule has 0 fully saturated rings. The normalized spacial score (nSPS) is 30.8. The molecule has 0 radical (unpaired) electrons. The Balaban J connectivity index is 3.41. The highest BCUT2D eigenvalue weighted by Crippen LogP contribution is 2.85. The number of allylic oxidation sites excluding steroid dienone is 1. The number of hydrogen-bond donors (Lipinski definition) is 0. The highest BCUT2D eigenvalue weighted by molar-refractivity contribution is 8.21. The van der Waals surface area contributed by atoms with E-state index in [1.54, 1.807) is 6.08 Å². The van der Waals surface area contributed by atoms with Crippen molar-refractivity contribution in [1.82, 2.24) is 0 Å². The van der Waals surface area contributed by atoms with E-state index in [2.05, 4.69) is 20.1 Å². The van der Waals surface area contributed by atoms with Crippen LogP contribution in [0.15, 0.2) is 26.2 Å². The summed E-state index contributed by atoms with van der Waals surface area (Å²) in [4.78, 5) is 0. The van der Waals surface area contributed by atoms with Gasteiger partial charge in [0.05, 0.1) is 7.21 Å². The highest BCUT2D eigenvalue weighted by Gasteiger charge is 2.31. The molecule has 0 amide bonds. The SMILES string of the molecule is C=CCP1(CCC)=NP(Cl)(Cl)=NP(Cl)(Cl)=N1. The first-order valence-electron chi connectivity index (χ1n) is 4.53. The van der Waals surface area contributed by atoms with Gasteiger partial charge in [-0.1, -0.05) is 13.0 Å². The summed E-state index contributed by atoms with van der Waals surface area (Å²) in [6, 6.07) is 0. The molecule has 0 aromatic rings. The lowest BCUT2D eigenvalue weighted by atomic mass is 10.6. The lowest BCUT2D eigenvalue weighted by Gasteiger charge is -2.25. The first kappa shape index (κ1) is 15.6. The molecule has 0 aromatic heterocycles. The summed E-state index contributed by atoms with van der Waals surface area (Å²) < 4.78 is 12.8. The van der Waals surface area contributed by atoms with Gasteiger partial charge < -0.3 is 0 Å². The van der Waals surface area contributed by atoms with Crippen molar-refractivity contribution in [3.63, 3.8) is 0 Å². The summed E-state index contributed by atoms with van der Waals surface area (Å²) in [6.45, 7) is 5.76. The summed E-state index contributed by atoms with van der Waals surface area (Å²) in [6.07, 6.45) is 4.13. The summed E-state index contributed by atoms with van der Waals surface area (Å²) >= 11 is 24.2. The van der Waals surface area contributed by atoms with Crippen LogP contribution >= 0.6 is 64.0 Å². The van der Waals surface area contributed by atoms with E-state index in [9.17, 15) is 0 Å². The van der Waals surface area contributed by atoms with Crippen molar-refractivity contribution in [2.75, 3.05) is 12.3 Å². The molecular formula is C6H12Cl4N3P3. The van der Waals surface area contributed by atoms with Crippen molar-refractivity contribution in [3.8, 4) is 0 Å². The van der Waals surface area contributed by atoms with Gasteiger partial charge in [0.2, 0.25) is 0 Å². The van der Waals surface area contributed by atoms with Gasteiger partial charge in [-0.05, 0) is 51.4 Å². The van der Waals surface area contributed by atoms with Crippen molar-refractivity contribution in [2.45, 2.75) is 13.3 Å².